The molecule has 3 rings (SSSR count). The number of benzene rings is 1. The number of hydrogen-bond acceptors (Lipinski definition) is 5. The van der Waals surface area contributed by atoms with E-state index < -0.39 is 0 Å². The lowest BCUT2D eigenvalue weighted by atomic mass is 10.1. The van der Waals surface area contributed by atoms with Crippen LogP contribution in [0.2, 0.25) is 5.02 Å². The number of hydrogen-bond donors (Lipinski definition) is 1. The molecule has 2 heterocycles. The van der Waals surface area contributed by atoms with Gasteiger partial charge in [0.1, 0.15) is 18.7 Å². The summed E-state index contributed by atoms with van der Waals surface area (Å²) in [6.45, 7) is 2.75. The normalized spacial score (nSPS) is 14.0. The van der Waals surface area contributed by atoms with Gasteiger partial charge in [0.2, 0.25) is 5.91 Å². The summed E-state index contributed by atoms with van der Waals surface area (Å²) in [4.78, 5) is 22.4. The summed E-state index contributed by atoms with van der Waals surface area (Å²) in [6, 6.07) is 7.20. The second-order valence-electron chi connectivity index (χ2n) is 5.61. The molecule has 0 unspecified atom stereocenters. The fourth-order valence-electron chi connectivity index (χ4n) is 2.61. The van der Waals surface area contributed by atoms with Gasteiger partial charge < -0.3 is 10.1 Å². The van der Waals surface area contributed by atoms with Crippen LogP contribution in [0.15, 0.2) is 36.8 Å². The van der Waals surface area contributed by atoms with E-state index in [9.17, 15) is 4.79 Å². The van der Waals surface area contributed by atoms with E-state index >= 15 is 0 Å². The highest BCUT2D eigenvalue weighted by molar-refractivity contribution is 6.30. The molecular formula is C17H19ClN4O2. The maximum atomic E-state index is 12.0. The minimum absolute atomic E-state index is 0.0119. The van der Waals surface area contributed by atoms with Gasteiger partial charge in [0.15, 0.2) is 0 Å². The van der Waals surface area contributed by atoms with Gasteiger partial charge in [-0.05, 0) is 30.2 Å². The van der Waals surface area contributed by atoms with Crippen molar-refractivity contribution in [1.29, 1.82) is 0 Å². The SMILES string of the molecule is O=C(CN1CCc2cncnc2C1)NCCOc1cccc(Cl)c1. The summed E-state index contributed by atoms with van der Waals surface area (Å²) >= 11 is 5.89. The maximum absolute atomic E-state index is 12.0. The number of carbonyl (C=O) groups excluding carboxylic acids is 1. The van der Waals surface area contributed by atoms with Crippen molar-refractivity contribution in [2.24, 2.45) is 0 Å². The van der Waals surface area contributed by atoms with Crippen LogP contribution in [0.1, 0.15) is 11.3 Å². The van der Waals surface area contributed by atoms with Crippen LogP contribution >= 0.6 is 11.6 Å². The highest BCUT2D eigenvalue weighted by Crippen LogP contribution is 2.17. The minimum atomic E-state index is -0.0119. The zero-order valence-electron chi connectivity index (χ0n) is 13.2. The van der Waals surface area contributed by atoms with Crippen molar-refractivity contribution in [2.75, 3.05) is 26.2 Å². The van der Waals surface area contributed by atoms with Gasteiger partial charge in [-0.25, -0.2) is 9.97 Å². The van der Waals surface area contributed by atoms with E-state index in [1.165, 1.54) is 5.56 Å². The predicted molar refractivity (Wildman–Crippen MR) is 91.0 cm³/mol. The smallest absolute Gasteiger partial charge is 0.234 e. The average Bonchev–Trinajstić information content (AvgIpc) is 2.59. The number of fused-ring (bicyclic) bond motifs is 1. The fraction of sp³-hybridized carbons (Fsp3) is 0.353. The zero-order valence-corrected chi connectivity index (χ0v) is 14.0. The van der Waals surface area contributed by atoms with Gasteiger partial charge in [-0.2, -0.15) is 0 Å². The monoisotopic (exact) mass is 346 g/mol. The third kappa shape index (κ3) is 4.66. The predicted octanol–water partition coefficient (Wildman–Crippen LogP) is 1.68. The van der Waals surface area contributed by atoms with Crippen molar-refractivity contribution in [3.63, 3.8) is 0 Å². The Bertz CT molecular complexity index is 710. The number of rotatable bonds is 6. The lowest BCUT2D eigenvalue weighted by Gasteiger charge is -2.26. The van der Waals surface area contributed by atoms with Crippen LogP contribution in [0, 0.1) is 0 Å². The summed E-state index contributed by atoms with van der Waals surface area (Å²) in [5, 5.41) is 3.50. The second-order valence-corrected chi connectivity index (χ2v) is 6.05. The van der Waals surface area contributed by atoms with Crippen molar-refractivity contribution >= 4 is 17.5 Å². The molecule has 0 aliphatic carbocycles. The van der Waals surface area contributed by atoms with Crippen molar-refractivity contribution < 1.29 is 9.53 Å². The number of nitrogens with zero attached hydrogens (tertiary/aromatic N) is 3. The Morgan fingerprint density at radius 1 is 1.42 bits per heavy atom. The van der Waals surface area contributed by atoms with Crippen LogP contribution < -0.4 is 10.1 Å². The number of halogens is 1. The number of amides is 1. The molecule has 0 atom stereocenters. The first-order chi connectivity index (χ1) is 11.7. The quantitative estimate of drug-likeness (QED) is 0.806. The summed E-state index contributed by atoms with van der Waals surface area (Å²) < 4.78 is 5.54. The molecule has 0 radical (unpaired) electrons. The Morgan fingerprint density at radius 2 is 2.33 bits per heavy atom. The van der Waals surface area contributed by atoms with Gasteiger partial charge in [0, 0.05) is 24.3 Å². The standard InChI is InChI=1S/C17H19ClN4O2/c18-14-2-1-3-15(8-14)24-7-5-20-17(23)11-22-6-4-13-9-19-12-21-16(13)10-22/h1-3,8-9,12H,4-7,10-11H2,(H,20,23). The molecule has 0 saturated carbocycles. The van der Waals surface area contributed by atoms with Gasteiger partial charge >= 0.3 is 0 Å². The molecule has 0 spiro atoms. The van der Waals surface area contributed by atoms with E-state index in [2.05, 4.69) is 20.2 Å². The van der Waals surface area contributed by atoms with Crippen LogP contribution in [0.5, 0.6) is 5.75 Å². The Kier molecular flexibility index (Phi) is 5.61. The van der Waals surface area contributed by atoms with E-state index in [0.717, 1.165) is 18.7 Å². The number of carbonyl (C=O) groups is 1. The zero-order chi connectivity index (χ0) is 16.8. The molecule has 1 amide bonds. The molecule has 1 aliphatic rings. The number of ether oxygens (including phenoxy) is 1. The minimum Gasteiger partial charge on any atom is -0.492 e. The Hall–Kier alpha value is -2.18. The van der Waals surface area contributed by atoms with Gasteiger partial charge in [-0.15, -0.1) is 0 Å². The summed E-state index contributed by atoms with van der Waals surface area (Å²) in [7, 11) is 0. The summed E-state index contributed by atoms with van der Waals surface area (Å²) in [5.41, 5.74) is 2.18. The van der Waals surface area contributed by atoms with Crippen LogP contribution in [-0.2, 0) is 17.8 Å². The highest BCUT2D eigenvalue weighted by atomic mass is 35.5. The van der Waals surface area contributed by atoms with Gasteiger partial charge in [-0.1, -0.05) is 17.7 Å². The second kappa shape index (κ2) is 8.08. The van der Waals surface area contributed by atoms with E-state index in [1.54, 1.807) is 18.5 Å². The molecular weight excluding hydrogens is 328 g/mol. The average molecular weight is 347 g/mol. The van der Waals surface area contributed by atoms with Crippen molar-refractivity contribution in [3.05, 3.63) is 53.1 Å². The molecule has 7 heteroatoms. The molecule has 2 aromatic rings. The van der Waals surface area contributed by atoms with E-state index in [-0.39, 0.29) is 5.91 Å². The topological polar surface area (TPSA) is 67.4 Å². The first-order valence-electron chi connectivity index (χ1n) is 7.86. The van der Waals surface area contributed by atoms with Crippen molar-refractivity contribution in [3.8, 4) is 5.75 Å². The van der Waals surface area contributed by atoms with Gasteiger partial charge in [0.25, 0.3) is 0 Å². The number of aromatic nitrogens is 2. The van der Waals surface area contributed by atoms with Crippen LogP contribution in [0.25, 0.3) is 0 Å². The summed E-state index contributed by atoms with van der Waals surface area (Å²) in [5.74, 6) is 0.686. The highest BCUT2D eigenvalue weighted by Gasteiger charge is 2.19. The maximum Gasteiger partial charge on any atom is 0.234 e. The van der Waals surface area contributed by atoms with E-state index in [4.69, 9.17) is 16.3 Å². The Morgan fingerprint density at radius 3 is 3.21 bits per heavy atom. The lowest BCUT2D eigenvalue weighted by Crippen LogP contribution is -2.41. The van der Waals surface area contributed by atoms with Crippen molar-refractivity contribution in [2.45, 2.75) is 13.0 Å². The van der Waals surface area contributed by atoms with Crippen LogP contribution in [0.4, 0.5) is 0 Å². The van der Waals surface area contributed by atoms with Crippen LogP contribution in [0.3, 0.4) is 0 Å². The van der Waals surface area contributed by atoms with E-state index in [1.807, 2.05) is 18.3 Å². The molecule has 24 heavy (non-hydrogen) atoms. The van der Waals surface area contributed by atoms with Gasteiger partial charge in [0.05, 0.1) is 18.8 Å². The van der Waals surface area contributed by atoms with E-state index in [0.29, 0.717) is 37.0 Å². The fourth-order valence-corrected chi connectivity index (χ4v) is 2.79. The first-order valence-corrected chi connectivity index (χ1v) is 8.24. The molecule has 1 aromatic carbocycles. The van der Waals surface area contributed by atoms with Crippen molar-refractivity contribution in [1.82, 2.24) is 20.2 Å². The largest absolute Gasteiger partial charge is 0.492 e. The summed E-state index contributed by atoms with van der Waals surface area (Å²) in [6.07, 6.45) is 4.28. The molecule has 1 aromatic heterocycles. The molecule has 1 aliphatic heterocycles. The molecule has 1 N–H and O–H groups in total. The molecule has 0 bridgehead atoms. The Labute approximate surface area is 145 Å². The number of nitrogens with one attached hydrogen (secondary N) is 1. The molecule has 6 nitrogen and oxygen atoms in total. The Balaban J connectivity index is 1.37. The lowest BCUT2D eigenvalue weighted by molar-refractivity contribution is -0.122. The van der Waals surface area contributed by atoms with Crippen LogP contribution in [-0.4, -0.2) is 47.0 Å². The van der Waals surface area contributed by atoms with Gasteiger partial charge in [-0.3, -0.25) is 9.69 Å². The third-order valence-corrected chi connectivity index (χ3v) is 4.04. The molecule has 126 valence electrons. The molecule has 0 fully saturated rings. The molecule has 0 saturated heterocycles. The third-order valence-electron chi connectivity index (χ3n) is 3.81. The first kappa shape index (κ1) is 16.7.